The normalized spacial score (nSPS) is 10.7. The monoisotopic (exact) mass is 341 g/mol. The Kier molecular flexibility index (Phi) is 4.48. The van der Waals surface area contributed by atoms with E-state index in [1.807, 2.05) is 78.9 Å². The van der Waals surface area contributed by atoms with Gasteiger partial charge in [-0.15, -0.1) is 0 Å². The zero-order valence-corrected chi connectivity index (χ0v) is 14.5. The zero-order chi connectivity index (χ0) is 17.8. The maximum atomic E-state index is 6.04. The van der Waals surface area contributed by atoms with Crippen LogP contribution in [0.5, 0.6) is 5.75 Å². The molecule has 4 aromatic rings. The molecule has 0 spiro atoms. The van der Waals surface area contributed by atoms with E-state index in [2.05, 4.69) is 28.3 Å². The van der Waals surface area contributed by atoms with Gasteiger partial charge in [0.1, 0.15) is 18.0 Å². The molecule has 128 valence electrons. The minimum atomic E-state index is 0.522. The highest BCUT2D eigenvalue weighted by molar-refractivity contribution is 5.62. The second-order valence-corrected chi connectivity index (χ2v) is 6.17. The van der Waals surface area contributed by atoms with Crippen LogP contribution < -0.4 is 4.74 Å². The van der Waals surface area contributed by atoms with Gasteiger partial charge in [-0.3, -0.25) is 4.98 Å². The van der Waals surface area contributed by atoms with Crippen LogP contribution in [0, 0.1) is 6.92 Å². The number of hydrogen-bond acceptors (Lipinski definition) is 3. The van der Waals surface area contributed by atoms with Crippen molar-refractivity contribution in [1.82, 2.24) is 14.8 Å². The van der Waals surface area contributed by atoms with Crippen molar-refractivity contribution in [3.63, 3.8) is 0 Å². The third-order valence-corrected chi connectivity index (χ3v) is 4.14. The van der Waals surface area contributed by atoms with E-state index in [-0.39, 0.29) is 0 Å². The molecule has 0 aliphatic rings. The summed E-state index contributed by atoms with van der Waals surface area (Å²) in [6.45, 7) is 2.56. The first-order chi connectivity index (χ1) is 12.8. The number of aryl methyl sites for hydroxylation is 1. The van der Waals surface area contributed by atoms with E-state index in [0.717, 1.165) is 33.7 Å². The van der Waals surface area contributed by atoms with E-state index in [1.54, 1.807) is 0 Å². The lowest BCUT2D eigenvalue weighted by atomic mass is 10.1. The fourth-order valence-corrected chi connectivity index (χ4v) is 2.82. The fraction of sp³-hybridized carbons (Fsp3) is 0.0909. The van der Waals surface area contributed by atoms with Gasteiger partial charge in [0.25, 0.3) is 0 Å². The van der Waals surface area contributed by atoms with Crippen molar-refractivity contribution in [1.29, 1.82) is 0 Å². The first-order valence-electron chi connectivity index (χ1n) is 8.52. The Morgan fingerprint density at radius 1 is 0.885 bits per heavy atom. The second-order valence-electron chi connectivity index (χ2n) is 6.17. The van der Waals surface area contributed by atoms with Crippen molar-refractivity contribution in [2.24, 2.45) is 0 Å². The maximum Gasteiger partial charge on any atom is 0.145 e. The van der Waals surface area contributed by atoms with Gasteiger partial charge in [-0.2, -0.15) is 5.10 Å². The molecule has 0 unspecified atom stereocenters. The van der Waals surface area contributed by atoms with E-state index in [0.29, 0.717) is 6.61 Å². The average molecular weight is 341 g/mol. The molecule has 2 aromatic carbocycles. The molecule has 4 heteroatoms. The van der Waals surface area contributed by atoms with E-state index >= 15 is 0 Å². The molecule has 0 radical (unpaired) electrons. The predicted molar refractivity (Wildman–Crippen MR) is 102 cm³/mol. The Morgan fingerprint density at radius 2 is 1.69 bits per heavy atom. The fourth-order valence-electron chi connectivity index (χ4n) is 2.82. The summed E-state index contributed by atoms with van der Waals surface area (Å²) in [4.78, 5) is 4.26. The summed E-state index contributed by atoms with van der Waals surface area (Å²) in [5.74, 6) is 0.799. The zero-order valence-electron chi connectivity index (χ0n) is 14.5. The number of ether oxygens (including phenoxy) is 1. The van der Waals surface area contributed by atoms with Crippen LogP contribution in [0.1, 0.15) is 11.1 Å². The van der Waals surface area contributed by atoms with Gasteiger partial charge >= 0.3 is 0 Å². The Balaban J connectivity index is 1.60. The number of hydrogen-bond donors (Lipinski definition) is 0. The lowest BCUT2D eigenvalue weighted by molar-refractivity contribution is 0.304. The number of aromatic nitrogens is 3. The summed E-state index contributed by atoms with van der Waals surface area (Å²) in [5.41, 5.74) is 5.25. The van der Waals surface area contributed by atoms with Gasteiger partial charge in [-0.1, -0.05) is 42.5 Å². The molecular weight excluding hydrogens is 322 g/mol. The lowest BCUT2D eigenvalue weighted by Gasteiger charge is -2.11. The SMILES string of the molecule is Cc1cncc(-c2cnn(-c3ccccc3OCc3ccccc3)c2)c1. The second kappa shape index (κ2) is 7.23. The Hall–Kier alpha value is -3.40. The minimum absolute atomic E-state index is 0.522. The maximum absolute atomic E-state index is 6.04. The summed E-state index contributed by atoms with van der Waals surface area (Å²) >= 11 is 0. The third-order valence-electron chi connectivity index (χ3n) is 4.14. The standard InChI is InChI=1S/C22H19N3O/c1-17-11-19(13-23-12-17)20-14-24-25(15-20)21-9-5-6-10-22(21)26-16-18-7-3-2-4-8-18/h2-15H,16H2,1H3. The summed E-state index contributed by atoms with van der Waals surface area (Å²) in [6, 6.07) is 20.2. The van der Waals surface area contributed by atoms with Crippen molar-refractivity contribution in [3.8, 4) is 22.6 Å². The summed E-state index contributed by atoms with van der Waals surface area (Å²) in [6.07, 6.45) is 7.55. The van der Waals surface area contributed by atoms with Crippen molar-refractivity contribution in [2.75, 3.05) is 0 Å². The molecule has 0 aliphatic heterocycles. The topological polar surface area (TPSA) is 39.9 Å². The van der Waals surface area contributed by atoms with Gasteiger partial charge in [0, 0.05) is 29.7 Å². The first kappa shape index (κ1) is 16.1. The Bertz CT molecular complexity index is 1010. The number of para-hydroxylation sites is 2. The molecule has 2 heterocycles. The molecule has 0 aliphatic carbocycles. The number of benzene rings is 2. The van der Waals surface area contributed by atoms with Gasteiger partial charge in [0.15, 0.2) is 0 Å². The summed E-state index contributed by atoms with van der Waals surface area (Å²) in [5, 5.41) is 4.52. The molecule has 4 rings (SSSR count). The molecule has 0 saturated carbocycles. The van der Waals surface area contributed by atoms with Crippen molar-refractivity contribution in [2.45, 2.75) is 13.5 Å². The summed E-state index contributed by atoms with van der Waals surface area (Å²) in [7, 11) is 0. The van der Waals surface area contributed by atoms with E-state index < -0.39 is 0 Å². The lowest BCUT2D eigenvalue weighted by Crippen LogP contribution is -2.01. The van der Waals surface area contributed by atoms with Crippen LogP contribution in [0.25, 0.3) is 16.8 Å². The minimum Gasteiger partial charge on any atom is -0.487 e. The number of nitrogens with zero attached hydrogens (tertiary/aromatic N) is 3. The molecule has 26 heavy (non-hydrogen) atoms. The highest BCUT2D eigenvalue weighted by Crippen LogP contribution is 2.26. The molecule has 4 nitrogen and oxygen atoms in total. The van der Waals surface area contributed by atoms with Crippen LogP contribution in [0.4, 0.5) is 0 Å². The van der Waals surface area contributed by atoms with Crippen LogP contribution in [0.2, 0.25) is 0 Å². The molecule has 0 N–H and O–H groups in total. The van der Waals surface area contributed by atoms with Crippen molar-refractivity contribution in [3.05, 3.63) is 96.6 Å². The highest BCUT2D eigenvalue weighted by Gasteiger charge is 2.09. The van der Waals surface area contributed by atoms with Crippen molar-refractivity contribution >= 4 is 0 Å². The molecule has 0 amide bonds. The molecule has 0 bridgehead atoms. The molecule has 2 aromatic heterocycles. The summed E-state index contributed by atoms with van der Waals surface area (Å²) < 4.78 is 7.88. The molecule has 0 atom stereocenters. The van der Waals surface area contributed by atoms with Crippen LogP contribution in [0.15, 0.2) is 85.5 Å². The number of pyridine rings is 1. The third kappa shape index (κ3) is 3.49. The highest BCUT2D eigenvalue weighted by atomic mass is 16.5. The van der Waals surface area contributed by atoms with Crippen LogP contribution in [0.3, 0.4) is 0 Å². The molecule has 0 saturated heterocycles. The average Bonchev–Trinajstić information content (AvgIpc) is 3.17. The van der Waals surface area contributed by atoms with Crippen molar-refractivity contribution < 1.29 is 4.74 Å². The predicted octanol–water partition coefficient (Wildman–Crippen LogP) is 4.82. The van der Waals surface area contributed by atoms with Gasteiger partial charge < -0.3 is 4.74 Å². The van der Waals surface area contributed by atoms with E-state index in [1.165, 1.54) is 0 Å². The van der Waals surface area contributed by atoms with E-state index in [9.17, 15) is 0 Å². The largest absolute Gasteiger partial charge is 0.487 e. The number of rotatable bonds is 5. The van der Waals surface area contributed by atoms with Crippen LogP contribution in [-0.2, 0) is 6.61 Å². The first-order valence-corrected chi connectivity index (χ1v) is 8.52. The van der Waals surface area contributed by atoms with E-state index in [4.69, 9.17) is 4.74 Å². The quantitative estimate of drug-likeness (QED) is 0.522. The van der Waals surface area contributed by atoms with Gasteiger partial charge in [0.05, 0.1) is 6.20 Å². The Morgan fingerprint density at radius 3 is 2.54 bits per heavy atom. The Labute approximate surface area is 152 Å². The molecule has 0 fully saturated rings. The molecular formula is C22H19N3O. The van der Waals surface area contributed by atoms with Crippen LogP contribution >= 0.6 is 0 Å². The smallest absolute Gasteiger partial charge is 0.145 e. The van der Waals surface area contributed by atoms with Gasteiger partial charge in [0.2, 0.25) is 0 Å². The van der Waals surface area contributed by atoms with Gasteiger partial charge in [-0.05, 0) is 36.2 Å². The van der Waals surface area contributed by atoms with Gasteiger partial charge in [-0.25, -0.2) is 4.68 Å². The van der Waals surface area contributed by atoms with Crippen LogP contribution in [-0.4, -0.2) is 14.8 Å².